The Morgan fingerprint density at radius 1 is 1.00 bits per heavy atom. The summed E-state index contributed by atoms with van der Waals surface area (Å²) in [7, 11) is -3.96. The van der Waals surface area contributed by atoms with Crippen molar-refractivity contribution in [3.8, 4) is 11.5 Å². The minimum absolute atomic E-state index is 0.00863. The third-order valence-electron chi connectivity index (χ3n) is 3.88. The SMILES string of the molecule is CCCCOc1ccc(S(=O)(=O)NC(=O)NCc2ccc(OC(C)C)cc2)cc1. The number of sulfonamides is 1. The molecule has 0 heterocycles. The molecular formula is C21H28N2O5S. The molecule has 0 aromatic heterocycles. The molecule has 2 N–H and O–H groups in total. The van der Waals surface area contributed by atoms with Crippen LogP contribution in [0, 0.1) is 0 Å². The molecular weight excluding hydrogens is 392 g/mol. The van der Waals surface area contributed by atoms with Gasteiger partial charge in [0.15, 0.2) is 0 Å². The maximum absolute atomic E-state index is 12.3. The number of urea groups is 1. The Hall–Kier alpha value is -2.74. The van der Waals surface area contributed by atoms with Gasteiger partial charge in [-0.05, 0) is 62.2 Å². The van der Waals surface area contributed by atoms with E-state index in [1.54, 1.807) is 24.3 Å². The van der Waals surface area contributed by atoms with Crippen LogP contribution in [0.2, 0.25) is 0 Å². The van der Waals surface area contributed by atoms with Crippen molar-refractivity contribution in [2.45, 2.75) is 51.2 Å². The highest BCUT2D eigenvalue weighted by Gasteiger charge is 2.17. The van der Waals surface area contributed by atoms with E-state index in [0.29, 0.717) is 12.4 Å². The monoisotopic (exact) mass is 420 g/mol. The molecule has 8 heteroatoms. The van der Waals surface area contributed by atoms with Gasteiger partial charge in [-0.2, -0.15) is 0 Å². The molecule has 2 rings (SSSR count). The number of hydrogen-bond acceptors (Lipinski definition) is 5. The molecule has 0 unspecified atom stereocenters. The Morgan fingerprint density at radius 2 is 1.62 bits per heavy atom. The van der Waals surface area contributed by atoms with Gasteiger partial charge < -0.3 is 14.8 Å². The number of rotatable bonds is 10. The van der Waals surface area contributed by atoms with Gasteiger partial charge in [0, 0.05) is 6.54 Å². The third-order valence-corrected chi connectivity index (χ3v) is 5.22. The van der Waals surface area contributed by atoms with Crippen LogP contribution in [-0.2, 0) is 16.6 Å². The number of amides is 2. The van der Waals surface area contributed by atoms with Crippen LogP contribution in [0.1, 0.15) is 39.2 Å². The van der Waals surface area contributed by atoms with Gasteiger partial charge in [0.2, 0.25) is 0 Å². The first kappa shape index (κ1) is 22.5. The van der Waals surface area contributed by atoms with Crippen molar-refractivity contribution < 1.29 is 22.7 Å². The lowest BCUT2D eigenvalue weighted by molar-refractivity contribution is 0.242. The van der Waals surface area contributed by atoms with Crippen molar-refractivity contribution in [1.29, 1.82) is 0 Å². The standard InChI is InChI=1S/C21H28N2O5S/c1-4-5-14-27-18-10-12-20(13-11-18)29(25,26)23-21(24)22-15-17-6-8-19(9-7-17)28-16(2)3/h6-13,16H,4-5,14-15H2,1-3H3,(H2,22,23,24). The molecule has 0 fully saturated rings. The lowest BCUT2D eigenvalue weighted by atomic mass is 10.2. The van der Waals surface area contributed by atoms with E-state index in [1.807, 2.05) is 30.7 Å². The molecule has 0 radical (unpaired) electrons. The number of ether oxygens (including phenoxy) is 2. The first-order chi connectivity index (χ1) is 13.8. The molecule has 2 amide bonds. The lowest BCUT2D eigenvalue weighted by Gasteiger charge is -2.11. The zero-order valence-corrected chi connectivity index (χ0v) is 17.8. The van der Waals surface area contributed by atoms with E-state index in [0.717, 1.165) is 24.2 Å². The van der Waals surface area contributed by atoms with Gasteiger partial charge in [0.25, 0.3) is 10.0 Å². The van der Waals surface area contributed by atoms with Crippen molar-refractivity contribution in [3.05, 3.63) is 54.1 Å². The summed E-state index contributed by atoms with van der Waals surface area (Å²) in [6, 6.07) is 12.4. The van der Waals surface area contributed by atoms with E-state index in [2.05, 4.69) is 12.2 Å². The van der Waals surface area contributed by atoms with Crippen LogP contribution in [0.25, 0.3) is 0 Å². The molecule has 2 aromatic carbocycles. The maximum atomic E-state index is 12.3. The first-order valence-electron chi connectivity index (χ1n) is 9.59. The quantitative estimate of drug-likeness (QED) is 0.570. The number of benzene rings is 2. The van der Waals surface area contributed by atoms with Gasteiger partial charge in [-0.3, -0.25) is 0 Å². The molecule has 0 spiro atoms. The fourth-order valence-corrected chi connectivity index (χ4v) is 3.34. The van der Waals surface area contributed by atoms with E-state index in [1.165, 1.54) is 12.1 Å². The summed E-state index contributed by atoms with van der Waals surface area (Å²) in [6.45, 7) is 6.70. The van der Waals surface area contributed by atoms with E-state index in [9.17, 15) is 13.2 Å². The van der Waals surface area contributed by atoms with E-state index >= 15 is 0 Å². The Bertz CT molecular complexity index is 878. The highest BCUT2D eigenvalue weighted by molar-refractivity contribution is 7.90. The van der Waals surface area contributed by atoms with Crippen LogP contribution >= 0.6 is 0 Å². The predicted molar refractivity (Wildman–Crippen MR) is 112 cm³/mol. The molecule has 7 nitrogen and oxygen atoms in total. The van der Waals surface area contributed by atoms with Crippen molar-refractivity contribution in [3.63, 3.8) is 0 Å². The van der Waals surface area contributed by atoms with Crippen LogP contribution in [-0.4, -0.2) is 27.2 Å². The van der Waals surface area contributed by atoms with Crippen molar-refractivity contribution >= 4 is 16.1 Å². The summed E-state index contributed by atoms with van der Waals surface area (Å²) < 4.78 is 37.8. The summed E-state index contributed by atoms with van der Waals surface area (Å²) in [4.78, 5) is 12.0. The average Bonchev–Trinajstić information content (AvgIpc) is 2.67. The minimum atomic E-state index is -3.96. The van der Waals surface area contributed by atoms with Gasteiger partial charge in [0.1, 0.15) is 11.5 Å². The summed E-state index contributed by atoms with van der Waals surface area (Å²) in [5.41, 5.74) is 0.822. The molecule has 0 bridgehead atoms. The largest absolute Gasteiger partial charge is 0.494 e. The van der Waals surface area contributed by atoms with Crippen molar-refractivity contribution in [1.82, 2.24) is 10.0 Å². The summed E-state index contributed by atoms with van der Waals surface area (Å²) in [6.07, 6.45) is 2.02. The average molecular weight is 421 g/mol. The fourth-order valence-electron chi connectivity index (χ4n) is 2.41. The molecule has 0 aliphatic heterocycles. The zero-order chi connectivity index (χ0) is 21.3. The van der Waals surface area contributed by atoms with Gasteiger partial charge in [0.05, 0.1) is 17.6 Å². The maximum Gasteiger partial charge on any atom is 0.328 e. The summed E-state index contributed by atoms with van der Waals surface area (Å²) in [5.74, 6) is 1.32. The summed E-state index contributed by atoms with van der Waals surface area (Å²) in [5, 5.41) is 2.54. The highest BCUT2D eigenvalue weighted by atomic mass is 32.2. The smallest absolute Gasteiger partial charge is 0.328 e. The fraction of sp³-hybridized carbons (Fsp3) is 0.381. The molecule has 0 aliphatic carbocycles. The molecule has 0 saturated heterocycles. The second-order valence-corrected chi connectivity index (χ2v) is 8.45. The van der Waals surface area contributed by atoms with E-state index < -0.39 is 16.1 Å². The molecule has 2 aromatic rings. The van der Waals surface area contributed by atoms with E-state index in [-0.39, 0.29) is 17.5 Å². The van der Waals surface area contributed by atoms with Crippen molar-refractivity contribution in [2.75, 3.05) is 6.61 Å². The topological polar surface area (TPSA) is 93.7 Å². The molecule has 158 valence electrons. The second-order valence-electron chi connectivity index (χ2n) is 6.77. The number of carbonyl (C=O) groups excluding carboxylic acids is 1. The second kappa shape index (κ2) is 10.7. The number of hydrogen-bond donors (Lipinski definition) is 2. The third kappa shape index (κ3) is 7.65. The Labute approximate surface area is 172 Å². The van der Waals surface area contributed by atoms with Crippen LogP contribution in [0.15, 0.2) is 53.4 Å². The van der Waals surface area contributed by atoms with Gasteiger partial charge in [-0.1, -0.05) is 25.5 Å². The van der Waals surface area contributed by atoms with Gasteiger partial charge in [-0.25, -0.2) is 17.9 Å². The Balaban J connectivity index is 1.87. The Morgan fingerprint density at radius 3 is 2.21 bits per heavy atom. The van der Waals surface area contributed by atoms with Crippen LogP contribution in [0.5, 0.6) is 11.5 Å². The normalized spacial score (nSPS) is 11.2. The van der Waals surface area contributed by atoms with Gasteiger partial charge in [-0.15, -0.1) is 0 Å². The van der Waals surface area contributed by atoms with Crippen LogP contribution in [0.3, 0.4) is 0 Å². The number of carbonyl (C=O) groups is 1. The predicted octanol–water partition coefficient (Wildman–Crippen LogP) is 3.84. The number of nitrogens with one attached hydrogen (secondary N) is 2. The summed E-state index contributed by atoms with van der Waals surface area (Å²) >= 11 is 0. The molecule has 29 heavy (non-hydrogen) atoms. The van der Waals surface area contributed by atoms with Crippen LogP contribution in [0.4, 0.5) is 4.79 Å². The minimum Gasteiger partial charge on any atom is -0.494 e. The Kier molecular flexibility index (Phi) is 8.33. The lowest BCUT2D eigenvalue weighted by Crippen LogP contribution is -2.39. The first-order valence-corrected chi connectivity index (χ1v) is 11.1. The van der Waals surface area contributed by atoms with E-state index in [4.69, 9.17) is 9.47 Å². The molecule has 0 atom stereocenters. The molecule has 0 saturated carbocycles. The zero-order valence-electron chi connectivity index (χ0n) is 17.0. The van der Waals surface area contributed by atoms with Crippen LogP contribution < -0.4 is 19.5 Å². The number of unbranched alkanes of at least 4 members (excludes halogenated alkanes) is 1. The highest BCUT2D eigenvalue weighted by Crippen LogP contribution is 2.16. The molecule has 0 aliphatic rings. The van der Waals surface area contributed by atoms with Gasteiger partial charge >= 0.3 is 6.03 Å². The van der Waals surface area contributed by atoms with Crippen molar-refractivity contribution in [2.24, 2.45) is 0 Å².